The molecule has 1 amide bonds. The van der Waals surface area contributed by atoms with Crippen molar-refractivity contribution in [2.75, 3.05) is 11.4 Å². The van der Waals surface area contributed by atoms with Crippen LogP contribution in [0.2, 0.25) is 0 Å². The molecule has 1 heterocycles. The average molecular weight is 247 g/mol. The minimum absolute atomic E-state index is 0.0169. The summed E-state index contributed by atoms with van der Waals surface area (Å²) in [5.41, 5.74) is 2.06. The van der Waals surface area contributed by atoms with Gasteiger partial charge in [-0.1, -0.05) is 17.7 Å². The zero-order valence-electron chi connectivity index (χ0n) is 10.4. The summed E-state index contributed by atoms with van der Waals surface area (Å²) in [6.45, 7) is 2.62. The molecule has 1 atom stereocenters. The molecule has 0 aliphatic carbocycles. The lowest BCUT2D eigenvalue weighted by molar-refractivity contribution is -0.138. The van der Waals surface area contributed by atoms with E-state index in [0.717, 1.165) is 17.7 Å². The first-order chi connectivity index (χ1) is 8.56. The topological polar surface area (TPSA) is 57.6 Å². The molecule has 4 nitrogen and oxygen atoms in total. The molecule has 96 valence electrons. The van der Waals surface area contributed by atoms with E-state index in [1.165, 1.54) is 0 Å². The molecular formula is C14H17NO3. The highest BCUT2D eigenvalue weighted by molar-refractivity contribution is 5.94. The van der Waals surface area contributed by atoms with Crippen molar-refractivity contribution in [3.8, 4) is 0 Å². The number of hydrogen-bond acceptors (Lipinski definition) is 2. The first-order valence-corrected chi connectivity index (χ1v) is 6.15. The third-order valence-electron chi connectivity index (χ3n) is 3.33. The van der Waals surface area contributed by atoms with Crippen LogP contribution >= 0.6 is 0 Å². The lowest BCUT2D eigenvalue weighted by Crippen LogP contribution is -2.39. The standard InChI is InChI=1S/C14H17NO3/c1-10-2-4-12(5-3-10)15-7-6-11(8-13(15)16)9-14(17)18/h2-5,11H,6-9H2,1H3,(H,17,18). The average Bonchev–Trinajstić information content (AvgIpc) is 2.30. The molecule has 0 bridgehead atoms. The summed E-state index contributed by atoms with van der Waals surface area (Å²) in [4.78, 5) is 24.4. The summed E-state index contributed by atoms with van der Waals surface area (Å²) >= 11 is 0. The third kappa shape index (κ3) is 2.88. The number of hydrogen-bond donors (Lipinski definition) is 1. The molecule has 1 unspecified atom stereocenters. The van der Waals surface area contributed by atoms with Gasteiger partial charge in [0.2, 0.25) is 5.91 Å². The molecule has 1 saturated heterocycles. The molecule has 0 saturated carbocycles. The van der Waals surface area contributed by atoms with Gasteiger partial charge in [0.25, 0.3) is 0 Å². The minimum atomic E-state index is -0.823. The number of benzene rings is 1. The van der Waals surface area contributed by atoms with Gasteiger partial charge in [0, 0.05) is 25.1 Å². The summed E-state index contributed by atoms with van der Waals surface area (Å²) in [6.07, 6.45) is 1.18. The van der Waals surface area contributed by atoms with Crippen LogP contribution in [0.4, 0.5) is 5.69 Å². The molecular weight excluding hydrogens is 230 g/mol. The smallest absolute Gasteiger partial charge is 0.303 e. The fraction of sp³-hybridized carbons (Fsp3) is 0.429. The Balaban J connectivity index is 2.03. The van der Waals surface area contributed by atoms with E-state index in [-0.39, 0.29) is 18.2 Å². The Morgan fingerprint density at radius 1 is 1.39 bits per heavy atom. The maximum atomic E-state index is 12.0. The van der Waals surface area contributed by atoms with Gasteiger partial charge in [-0.05, 0) is 31.4 Å². The third-order valence-corrected chi connectivity index (χ3v) is 3.33. The number of piperidine rings is 1. The number of carbonyl (C=O) groups excluding carboxylic acids is 1. The Morgan fingerprint density at radius 2 is 2.06 bits per heavy atom. The second-order valence-corrected chi connectivity index (χ2v) is 4.84. The number of rotatable bonds is 3. The number of aryl methyl sites for hydroxylation is 1. The van der Waals surface area contributed by atoms with Crippen molar-refractivity contribution in [3.05, 3.63) is 29.8 Å². The van der Waals surface area contributed by atoms with Gasteiger partial charge in [-0.3, -0.25) is 9.59 Å². The Morgan fingerprint density at radius 3 is 2.61 bits per heavy atom. The molecule has 1 aromatic rings. The van der Waals surface area contributed by atoms with Crippen LogP contribution in [0.3, 0.4) is 0 Å². The lowest BCUT2D eigenvalue weighted by Gasteiger charge is -2.31. The van der Waals surface area contributed by atoms with Gasteiger partial charge < -0.3 is 10.0 Å². The van der Waals surface area contributed by atoms with E-state index in [4.69, 9.17) is 5.11 Å². The summed E-state index contributed by atoms with van der Waals surface area (Å²) in [5, 5.41) is 8.74. The Labute approximate surface area is 106 Å². The van der Waals surface area contributed by atoms with Crippen molar-refractivity contribution >= 4 is 17.6 Å². The number of carboxylic acid groups (broad SMARTS) is 1. The van der Waals surface area contributed by atoms with Crippen LogP contribution < -0.4 is 4.90 Å². The molecule has 1 fully saturated rings. The van der Waals surface area contributed by atoms with Crippen molar-refractivity contribution in [3.63, 3.8) is 0 Å². The van der Waals surface area contributed by atoms with E-state index in [1.807, 2.05) is 31.2 Å². The van der Waals surface area contributed by atoms with E-state index in [0.29, 0.717) is 13.0 Å². The lowest BCUT2D eigenvalue weighted by atomic mass is 9.93. The van der Waals surface area contributed by atoms with Crippen LogP contribution in [0.25, 0.3) is 0 Å². The number of nitrogens with zero attached hydrogens (tertiary/aromatic N) is 1. The number of aliphatic carboxylic acids is 1. The highest BCUT2D eigenvalue weighted by Gasteiger charge is 2.27. The van der Waals surface area contributed by atoms with Crippen LogP contribution in [-0.2, 0) is 9.59 Å². The van der Waals surface area contributed by atoms with Gasteiger partial charge >= 0.3 is 5.97 Å². The van der Waals surface area contributed by atoms with E-state index in [2.05, 4.69) is 0 Å². The zero-order valence-corrected chi connectivity index (χ0v) is 10.4. The Kier molecular flexibility index (Phi) is 3.65. The molecule has 1 aromatic carbocycles. The van der Waals surface area contributed by atoms with E-state index < -0.39 is 5.97 Å². The van der Waals surface area contributed by atoms with E-state index in [1.54, 1.807) is 4.90 Å². The van der Waals surface area contributed by atoms with Crippen LogP contribution in [0.5, 0.6) is 0 Å². The maximum Gasteiger partial charge on any atom is 0.303 e. The van der Waals surface area contributed by atoms with Crippen LogP contribution in [0, 0.1) is 12.8 Å². The van der Waals surface area contributed by atoms with Crippen molar-refractivity contribution in [1.29, 1.82) is 0 Å². The number of carboxylic acids is 1. The summed E-state index contributed by atoms with van der Waals surface area (Å²) in [5.74, 6) is -0.815. The summed E-state index contributed by atoms with van der Waals surface area (Å²) in [7, 11) is 0. The SMILES string of the molecule is Cc1ccc(N2CCC(CC(=O)O)CC2=O)cc1. The fourth-order valence-corrected chi connectivity index (χ4v) is 2.31. The highest BCUT2D eigenvalue weighted by atomic mass is 16.4. The molecule has 0 radical (unpaired) electrons. The largest absolute Gasteiger partial charge is 0.481 e. The van der Waals surface area contributed by atoms with Crippen LogP contribution in [0.15, 0.2) is 24.3 Å². The molecule has 1 aliphatic heterocycles. The van der Waals surface area contributed by atoms with Gasteiger partial charge in [0.15, 0.2) is 0 Å². The van der Waals surface area contributed by atoms with E-state index >= 15 is 0 Å². The number of carbonyl (C=O) groups is 2. The number of anilines is 1. The molecule has 4 heteroatoms. The van der Waals surface area contributed by atoms with Gasteiger partial charge in [0.05, 0.1) is 0 Å². The maximum absolute atomic E-state index is 12.0. The highest BCUT2D eigenvalue weighted by Crippen LogP contribution is 2.26. The molecule has 0 spiro atoms. The van der Waals surface area contributed by atoms with Gasteiger partial charge in [-0.25, -0.2) is 0 Å². The quantitative estimate of drug-likeness (QED) is 0.891. The number of amides is 1. The first kappa shape index (κ1) is 12.6. The van der Waals surface area contributed by atoms with Gasteiger partial charge in [-0.15, -0.1) is 0 Å². The molecule has 18 heavy (non-hydrogen) atoms. The minimum Gasteiger partial charge on any atom is -0.481 e. The van der Waals surface area contributed by atoms with Gasteiger partial charge in [0.1, 0.15) is 0 Å². The first-order valence-electron chi connectivity index (χ1n) is 6.15. The van der Waals surface area contributed by atoms with Crippen LogP contribution in [0.1, 0.15) is 24.8 Å². The molecule has 0 aromatic heterocycles. The monoisotopic (exact) mass is 247 g/mol. The predicted molar refractivity (Wildman–Crippen MR) is 68.5 cm³/mol. The second-order valence-electron chi connectivity index (χ2n) is 4.84. The van der Waals surface area contributed by atoms with Crippen molar-refractivity contribution < 1.29 is 14.7 Å². The molecule has 1 N–H and O–H groups in total. The zero-order chi connectivity index (χ0) is 13.1. The Hall–Kier alpha value is -1.84. The molecule has 1 aliphatic rings. The Bertz CT molecular complexity index is 453. The van der Waals surface area contributed by atoms with Crippen molar-refractivity contribution in [1.82, 2.24) is 0 Å². The van der Waals surface area contributed by atoms with Crippen molar-refractivity contribution in [2.24, 2.45) is 5.92 Å². The summed E-state index contributed by atoms with van der Waals surface area (Å²) in [6, 6.07) is 7.83. The second kappa shape index (κ2) is 5.21. The van der Waals surface area contributed by atoms with Gasteiger partial charge in [-0.2, -0.15) is 0 Å². The summed E-state index contributed by atoms with van der Waals surface area (Å²) < 4.78 is 0. The van der Waals surface area contributed by atoms with Crippen LogP contribution in [-0.4, -0.2) is 23.5 Å². The normalized spacial score (nSPS) is 19.9. The van der Waals surface area contributed by atoms with Crippen molar-refractivity contribution in [2.45, 2.75) is 26.2 Å². The van der Waals surface area contributed by atoms with E-state index in [9.17, 15) is 9.59 Å². The fourth-order valence-electron chi connectivity index (χ4n) is 2.31. The predicted octanol–water partition coefficient (Wildman–Crippen LogP) is 2.21. The molecule has 2 rings (SSSR count).